The lowest BCUT2D eigenvalue weighted by molar-refractivity contribution is -0.0384. The third kappa shape index (κ3) is 1.74. The lowest BCUT2D eigenvalue weighted by Crippen LogP contribution is -2.48. The van der Waals surface area contributed by atoms with Crippen LogP contribution in [0.5, 0.6) is 0 Å². The molecule has 0 aromatic heterocycles. The lowest BCUT2D eigenvalue weighted by Gasteiger charge is -2.46. The van der Waals surface area contributed by atoms with Crippen molar-refractivity contribution in [2.45, 2.75) is 38.3 Å². The first kappa shape index (κ1) is 9.45. The van der Waals surface area contributed by atoms with Crippen molar-refractivity contribution >= 4 is 0 Å². The van der Waals surface area contributed by atoms with Gasteiger partial charge in [-0.1, -0.05) is 6.92 Å². The van der Waals surface area contributed by atoms with E-state index in [0.717, 1.165) is 44.7 Å². The largest absolute Gasteiger partial charge is 0.306 e. The molecular weight excluding hydrogens is 165 g/mol. The van der Waals surface area contributed by atoms with Crippen LogP contribution in [0, 0.1) is 11.8 Å². The van der Waals surface area contributed by atoms with Gasteiger partial charge in [0.25, 0.3) is 0 Å². The van der Waals surface area contributed by atoms with Crippen molar-refractivity contribution in [1.82, 2.24) is 4.90 Å². The Labute approximate surface area is 80.3 Å². The summed E-state index contributed by atoms with van der Waals surface area (Å²) in [4.78, 5) is 2.24. The van der Waals surface area contributed by atoms with Crippen molar-refractivity contribution < 1.29 is 4.39 Å². The minimum Gasteiger partial charge on any atom is -0.306 e. The fraction of sp³-hybridized carbons (Fsp3) is 1.00. The molecule has 0 aromatic rings. The van der Waals surface area contributed by atoms with Crippen LogP contribution in [0.4, 0.5) is 4.39 Å². The van der Waals surface area contributed by atoms with Crippen LogP contribution >= 0.6 is 0 Å². The fourth-order valence-corrected chi connectivity index (χ4v) is 2.72. The minimum atomic E-state index is -0.807. The molecule has 1 aliphatic carbocycles. The molecule has 2 heteroatoms. The van der Waals surface area contributed by atoms with Crippen LogP contribution in [0.2, 0.25) is 0 Å². The third-order valence-electron chi connectivity index (χ3n) is 3.92. The molecular formula is C11H20FN. The van der Waals surface area contributed by atoms with Gasteiger partial charge in [0, 0.05) is 13.1 Å². The Bertz CT molecular complexity index is 179. The van der Waals surface area contributed by atoms with E-state index in [1.165, 1.54) is 0 Å². The molecule has 0 spiro atoms. The summed E-state index contributed by atoms with van der Waals surface area (Å²) in [6.07, 6.45) is 3.78. The summed E-state index contributed by atoms with van der Waals surface area (Å²) < 4.78 is 14.3. The second kappa shape index (κ2) is 3.23. The van der Waals surface area contributed by atoms with Crippen molar-refractivity contribution in [2.75, 3.05) is 20.1 Å². The summed E-state index contributed by atoms with van der Waals surface area (Å²) in [7, 11) is 2.09. The maximum Gasteiger partial charge on any atom is 0.116 e. The zero-order chi connectivity index (χ0) is 9.47. The van der Waals surface area contributed by atoms with Crippen LogP contribution < -0.4 is 0 Å². The predicted molar refractivity (Wildman–Crippen MR) is 52.5 cm³/mol. The van der Waals surface area contributed by atoms with Crippen LogP contribution in [0.3, 0.4) is 0 Å². The van der Waals surface area contributed by atoms with E-state index in [-0.39, 0.29) is 0 Å². The van der Waals surface area contributed by atoms with Crippen molar-refractivity contribution in [2.24, 2.45) is 11.8 Å². The molecule has 1 heterocycles. The topological polar surface area (TPSA) is 3.24 Å². The number of halogens is 1. The maximum absolute atomic E-state index is 14.3. The molecule has 1 saturated heterocycles. The van der Waals surface area contributed by atoms with Crippen molar-refractivity contribution in [1.29, 1.82) is 0 Å². The van der Waals surface area contributed by atoms with E-state index in [4.69, 9.17) is 0 Å². The number of hydrogen-bond acceptors (Lipinski definition) is 1. The molecule has 13 heavy (non-hydrogen) atoms. The van der Waals surface area contributed by atoms with Gasteiger partial charge < -0.3 is 4.90 Å². The Balaban J connectivity index is 1.90. The number of piperidine rings is 1. The molecule has 1 aliphatic heterocycles. The standard InChI is InChI=1S/C11H20FN/c1-9-7-10(8-9)11(12)3-5-13(2)6-4-11/h9-10H,3-8H2,1-2H3. The van der Waals surface area contributed by atoms with E-state index in [1.54, 1.807) is 0 Å². The Kier molecular flexibility index (Phi) is 2.35. The fourth-order valence-electron chi connectivity index (χ4n) is 2.72. The zero-order valence-electron chi connectivity index (χ0n) is 8.72. The Morgan fingerprint density at radius 1 is 1.23 bits per heavy atom. The van der Waals surface area contributed by atoms with Gasteiger partial charge in [0.1, 0.15) is 5.67 Å². The average Bonchev–Trinajstić information content (AvgIpc) is 2.05. The first-order valence-corrected chi connectivity index (χ1v) is 5.47. The summed E-state index contributed by atoms with van der Waals surface area (Å²) in [6, 6.07) is 0. The van der Waals surface area contributed by atoms with Gasteiger partial charge in [-0.25, -0.2) is 4.39 Å². The average molecular weight is 185 g/mol. The van der Waals surface area contributed by atoms with Gasteiger partial charge in [-0.15, -0.1) is 0 Å². The summed E-state index contributed by atoms with van der Waals surface area (Å²) in [5.74, 6) is 1.16. The molecule has 0 radical (unpaired) electrons. The molecule has 2 aliphatic rings. The Hall–Kier alpha value is -0.110. The molecule has 2 rings (SSSR count). The predicted octanol–water partition coefficient (Wildman–Crippen LogP) is 2.47. The number of rotatable bonds is 1. The van der Waals surface area contributed by atoms with E-state index in [0.29, 0.717) is 5.92 Å². The van der Waals surface area contributed by atoms with Crippen LogP contribution in [-0.2, 0) is 0 Å². The molecule has 0 aromatic carbocycles. The molecule has 1 saturated carbocycles. The zero-order valence-corrected chi connectivity index (χ0v) is 8.72. The number of nitrogens with zero attached hydrogens (tertiary/aromatic N) is 1. The van der Waals surface area contributed by atoms with Crippen LogP contribution in [-0.4, -0.2) is 30.7 Å². The van der Waals surface area contributed by atoms with E-state index in [2.05, 4.69) is 18.9 Å². The van der Waals surface area contributed by atoms with Gasteiger partial charge in [-0.05, 0) is 44.6 Å². The molecule has 2 fully saturated rings. The van der Waals surface area contributed by atoms with E-state index in [1.807, 2.05) is 0 Å². The van der Waals surface area contributed by atoms with E-state index >= 15 is 0 Å². The highest BCUT2D eigenvalue weighted by Gasteiger charge is 2.46. The van der Waals surface area contributed by atoms with Gasteiger partial charge in [0.2, 0.25) is 0 Å². The Morgan fingerprint density at radius 2 is 1.77 bits per heavy atom. The van der Waals surface area contributed by atoms with Gasteiger partial charge in [-0.3, -0.25) is 0 Å². The summed E-state index contributed by atoms with van der Waals surface area (Å²) in [5, 5.41) is 0. The smallest absolute Gasteiger partial charge is 0.116 e. The maximum atomic E-state index is 14.3. The highest BCUT2D eigenvalue weighted by molar-refractivity contribution is 4.96. The number of likely N-dealkylation sites (tertiary alicyclic amines) is 1. The second-order valence-corrected chi connectivity index (χ2v) is 5.11. The highest BCUT2D eigenvalue weighted by atomic mass is 19.1. The normalized spacial score (nSPS) is 39.9. The van der Waals surface area contributed by atoms with Crippen LogP contribution in [0.25, 0.3) is 0 Å². The molecule has 0 amide bonds. The quantitative estimate of drug-likeness (QED) is 0.606. The van der Waals surface area contributed by atoms with E-state index in [9.17, 15) is 4.39 Å². The van der Waals surface area contributed by atoms with Crippen molar-refractivity contribution in [3.63, 3.8) is 0 Å². The summed E-state index contributed by atoms with van der Waals surface area (Å²) in [5.41, 5.74) is -0.807. The van der Waals surface area contributed by atoms with Crippen LogP contribution in [0.1, 0.15) is 32.6 Å². The van der Waals surface area contributed by atoms with E-state index < -0.39 is 5.67 Å². The van der Waals surface area contributed by atoms with Crippen LogP contribution in [0.15, 0.2) is 0 Å². The molecule has 0 bridgehead atoms. The monoisotopic (exact) mass is 185 g/mol. The van der Waals surface area contributed by atoms with Crippen molar-refractivity contribution in [3.8, 4) is 0 Å². The minimum absolute atomic E-state index is 0.385. The molecule has 0 unspecified atom stereocenters. The molecule has 76 valence electrons. The van der Waals surface area contributed by atoms with Gasteiger partial charge in [-0.2, -0.15) is 0 Å². The first-order valence-electron chi connectivity index (χ1n) is 5.47. The van der Waals surface area contributed by atoms with Crippen molar-refractivity contribution in [3.05, 3.63) is 0 Å². The SMILES string of the molecule is CC1CC(C2(F)CCN(C)CC2)C1. The second-order valence-electron chi connectivity index (χ2n) is 5.11. The molecule has 0 atom stereocenters. The lowest BCUT2D eigenvalue weighted by atomic mass is 9.65. The van der Waals surface area contributed by atoms with Gasteiger partial charge in [0.05, 0.1) is 0 Å². The third-order valence-corrected chi connectivity index (χ3v) is 3.92. The molecule has 1 nitrogen and oxygen atoms in total. The van der Waals surface area contributed by atoms with Gasteiger partial charge >= 0.3 is 0 Å². The number of alkyl halides is 1. The number of hydrogen-bond donors (Lipinski definition) is 0. The summed E-state index contributed by atoms with van der Waals surface area (Å²) in [6.45, 7) is 4.12. The first-order chi connectivity index (χ1) is 6.10. The van der Waals surface area contributed by atoms with Gasteiger partial charge in [0.15, 0.2) is 0 Å². The highest BCUT2D eigenvalue weighted by Crippen LogP contribution is 2.47. The summed E-state index contributed by atoms with van der Waals surface area (Å²) >= 11 is 0. The molecule has 0 N–H and O–H groups in total. The Morgan fingerprint density at radius 3 is 2.23 bits per heavy atom.